The largest absolute Gasteiger partial charge is 0.493 e. The average Bonchev–Trinajstić information content (AvgIpc) is 2.96. The van der Waals surface area contributed by atoms with Crippen LogP contribution < -0.4 is 14.8 Å². The van der Waals surface area contributed by atoms with E-state index >= 15 is 0 Å². The number of ether oxygens (including phenoxy) is 2. The maximum Gasteiger partial charge on any atom is 0.254 e. The lowest BCUT2D eigenvalue weighted by atomic mass is 10.1. The Kier molecular flexibility index (Phi) is 7.48. The van der Waals surface area contributed by atoms with Crippen LogP contribution in [-0.2, 0) is 0 Å². The Balaban J connectivity index is 0.00000242. The second-order valence-corrected chi connectivity index (χ2v) is 5.15. The fourth-order valence-corrected chi connectivity index (χ4v) is 2.79. The molecule has 1 aliphatic heterocycles. The lowest BCUT2D eigenvalue weighted by molar-refractivity contribution is 0.0736. The van der Waals surface area contributed by atoms with Crippen LogP contribution in [0.2, 0.25) is 0 Å². The number of amides is 1. The second kappa shape index (κ2) is 8.86. The summed E-state index contributed by atoms with van der Waals surface area (Å²) in [5.41, 5.74) is 0.651. The van der Waals surface area contributed by atoms with Crippen LogP contribution in [0.1, 0.15) is 30.1 Å². The smallest absolute Gasteiger partial charge is 0.254 e. The first-order valence-corrected chi connectivity index (χ1v) is 7.47. The van der Waals surface area contributed by atoms with Gasteiger partial charge in [-0.3, -0.25) is 4.79 Å². The highest BCUT2D eigenvalue weighted by Gasteiger charge is 2.29. The van der Waals surface area contributed by atoms with Crippen LogP contribution >= 0.6 is 12.4 Å². The summed E-state index contributed by atoms with van der Waals surface area (Å²) < 4.78 is 10.8. The van der Waals surface area contributed by atoms with Crippen molar-refractivity contribution in [1.82, 2.24) is 10.2 Å². The molecule has 0 saturated carbocycles. The number of carbonyl (C=O) groups excluding carboxylic acids is 1. The Labute approximate surface area is 138 Å². The van der Waals surface area contributed by atoms with Crippen molar-refractivity contribution in [3.63, 3.8) is 0 Å². The number of likely N-dealkylation sites (N-methyl/N-ethyl adjacent to an activating group) is 1. The second-order valence-electron chi connectivity index (χ2n) is 5.15. The monoisotopic (exact) mass is 328 g/mol. The van der Waals surface area contributed by atoms with Gasteiger partial charge in [0.1, 0.15) is 0 Å². The van der Waals surface area contributed by atoms with Gasteiger partial charge in [0.05, 0.1) is 13.7 Å². The first kappa shape index (κ1) is 18.6. The number of likely N-dealkylation sites (tertiary alicyclic amines) is 1. The van der Waals surface area contributed by atoms with Gasteiger partial charge in [-0.1, -0.05) is 0 Å². The quantitative estimate of drug-likeness (QED) is 0.871. The number of halogens is 1. The van der Waals surface area contributed by atoms with Gasteiger partial charge < -0.3 is 19.7 Å². The molecule has 0 spiro atoms. The van der Waals surface area contributed by atoms with E-state index in [1.165, 1.54) is 0 Å². The summed E-state index contributed by atoms with van der Waals surface area (Å²) in [5.74, 6) is 1.34. The third-order valence-corrected chi connectivity index (χ3v) is 3.79. The van der Waals surface area contributed by atoms with E-state index < -0.39 is 0 Å². The molecule has 1 aliphatic rings. The zero-order valence-electron chi connectivity index (χ0n) is 13.4. The lowest BCUT2D eigenvalue weighted by Crippen LogP contribution is -2.40. The molecule has 22 heavy (non-hydrogen) atoms. The van der Waals surface area contributed by atoms with Crippen LogP contribution in [0.5, 0.6) is 11.5 Å². The molecule has 1 fully saturated rings. The minimum atomic E-state index is 0. The first-order valence-electron chi connectivity index (χ1n) is 7.47. The predicted molar refractivity (Wildman–Crippen MR) is 89.4 cm³/mol. The van der Waals surface area contributed by atoms with E-state index in [9.17, 15) is 4.79 Å². The molecule has 0 aliphatic carbocycles. The third-order valence-electron chi connectivity index (χ3n) is 3.79. The standard InChI is InChI=1S/C16H24N2O3.ClH/c1-4-21-14-8-7-12(10-15(14)20-3)16(19)18-9-5-6-13(18)11-17-2;/h7-8,10,13,17H,4-6,9,11H2,1-3H3;1H. The summed E-state index contributed by atoms with van der Waals surface area (Å²) in [6.45, 7) is 4.14. The normalized spacial score (nSPS) is 17.0. The van der Waals surface area contributed by atoms with Gasteiger partial charge in [-0.2, -0.15) is 0 Å². The number of rotatable bonds is 6. The van der Waals surface area contributed by atoms with Crippen LogP contribution in [0.25, 0.3) is 0 Å². The van der Waals surface area contributed by atoms with Crippen molar-refractivity contribution in [2.75, 3.05) is 33.9 Å². The molecular formula is C16H25ClN2O3. The van der Waals surface area contributed by atoms with Crippen molar-refractivity contribution in [2.24, 2.45) is 0 Å². The molecule has 6 heteroatoms. The summed E-state index contributed by atoms with van der Waals surface area (Å²) in [6.07, 6.45) is 2.12. The number of benzene rings is 1. The van der Waals surface area contributed by atoms with Crippen LogP contribution in [-0.4, -0.2) is 50.7 Å². The number of nitrogens with one attached hydrogen (secondary N) is 1. The topological polar surface area (TPSA) is 50.8 Å². The van der Waals surface area contributed by atoms with Crippen molar-refractivity contribution in [2.45, 2.75) is 25.8 Å². The Morgan fingerprint density at radius 1 is 1.41 bits per heavy atom. The summed E-state index contributed by atoms with van der Waals surface area (Å²) in [4.78, 5) is 14.6. The minimum absolute atomic E-state index is 0. The van der Waals surface area contributed by atoms with E-state index in [2.05, 4.69) is 5.32 Å². The molecule has 1 atom stereocenters. The molecule has 1 aromatic rings. The molecule has 1 unspecified atom stereocenters. The van der Waals surface area contributed by atoms with Gasteiger partial charge in [0.15, 0.2) is 11.5 Å². The van der Waals surface area contributed by atoms with Gasteiger partial charge in [-0.25, -0.2) is 0 Å². The van der Waals surface area contributed by atoms with Crippen LogP contribution in [0.15, 0.2) is 18.2 Å². The highest BCUT2D eigenvalue weighted by atomic mass is 35.5. The highest BCUT2D eigenvalue weighted by molar-refractivity contribution is 5.95. The van der Waals surface area contributed by atoms with Crippen molar-refractivity contribution in [3.05, 3.63) is 23.8 Å². The van der Waals surface area contributed by atoms with E-state index in [1.54, 1.807) is 19.2 Å². The maximum absolute atomic E-state index is 12.7. The van der Waals surface area contributed by atoms with Gasteiger partial charge in [-0.15, -0.1) is 12.4 Å². The zero-order valence-corrected chi connectivity index (χ0v) is 14.2. The van der Waals surface area contributed by atoms with Crippen molar-refractivity contribution < 1.29 is 14.3 Å². The number of hydrogen-bond donors (Lipinski definition) is 1. The molecule has 0 radical (unpaired) electrons. The molecule has 124 valence electrons. The van der Waals surface area contributed by atoms with Gasteiger partial charge in [0.2, 0.25) is 0 Å². The number of nitrogens with zero attached hydrogens (tertiary/aromatic N) is 1. The fourth-order valence-electron chi connectivity index (χ4n) is 2.79. The van der Waals surface area contributed by atoms with E-state index in [1.807, 2.05) is 24.9 Å². The molecule has 5 nitrogen and oxygen atoms in total. The minimum Gasteiger partial charge on any atom is -0.493 e. The first-order chi connectivity index (χ1) is 10.2. The number of hydrogen-bond acceptors (Lipinski definition) is 4. The summed E-state index contributed by atoms with van der Waals surface area (Å²) >= 11 is 0. The van der Waals surface area contributed by atoms with Gasteiger partial charge in [0.25, 0.3) is 5.91 Å². The van der Waals surface area contributed by atoms with E-state index in [-0.39, 0.29) is 24.4 Å². The molecular weight excluding hydrogens is 304 g/mol. The van der Waals surface area contributed by atoms with Gasteiger partial charge in [-0.05, 0) is 45.0 Å². The molecule has 0 bridgehead atoms. The van der Waals surface area contributed by atoms with Gasteiger partial charge >= 0.3 is 0 Å². The molecule has 1 heterocycles. The molecule has 0 aromatic heterocycles. The fraction of sp³-hybridized carbons (Fsp3) is 0.562. The van der Waals surface area contributed by atoms with Crippen LogP contribution in [0.4, 0.5) is 0 Å². The van der Waals surface area contributed by atoms with Crippen LogP contribution in [0, 0.1) is 0 Å². The van der Waals surface area contributed by atoms with Crippen molar-refractivity contribution in [3.8, 4) is 11.5 Å². The summed E-state index contributed by atoms with van der Waals surface area (Å²) in [7, 11) is 3.51. The molecule has 1 N–H and O–H groups in total. The highest BCUT2D eigenvalue weighted by Crippen LogP contribution is 2.29. The lowest BCUT2D eigenvalue weighted by Gasteiger charge is -2.25. The molecule has 1 aromatic carbocycles. The van der Waals surface area contributed by atoms with Crippen LogP contribution in [0.3, 0.4) is 0 Å². The maximum atomic E-state index is 12.7. The van der Waals surface area contributed by atoms with E-state index in [0.29, 0.717) is 23.7 Å². The van der Waals surface area contributed by atoms with E-state index in [0.717, 1.165) is 25.9 Å². The Hall–Kier alpha value is -1.46. The molecule has 1 amide bonds. The van der Waals surface area contributed by atoms with Crippen molar-refractivity contribution >= 4 is 18.3 Å². The molecule has 1 saturated heterocycles. The van der Waals surface area contributed by atoms with E-state index in [4.69, 9.17) is 9.47 Å². The summed E-state index contributed by atoms with van der Waals surface area (Å²) in [6, 6.07) is 5.66. The predicted octanol–water partition coefficient (Wildman–Crippen LogP) is 2.34. The van der Waals surface area contributed by atoms with Crippen molar-refractivity contribution in [1.29, 1.82) is 0 Å². The third kappa shape index (κ3) is 4.05. The zero-order chi connectivity index (χ0) is 15.2. The Morgan fingerprint density at radius 3 is 2.82 bits per heavy atom. The molecule has 2 rings (SSSR count). The summed E-state index contributed by atoms with van der Waals surface area (Å²) in [5, 5.41) is 3.16. The SMILES string of the molecule is CCOc1ccc(C(=O)N2CCCC2CNC)cc1OC.Cl. The number of carbonyl (C=O) groups is 1. The Bertz CT molecular complexity index is 496. The number of methoxy groups -OCH3 is 1. The van der Waals surface area contributed by atoms with Gasteiger partial charge in [0, 0.05) is 24.7 Å². The Morgan fingerprint density at radius 2 is 2.18 bits per heavy atom. The average molecular weight is 329 g/mol.